The Hall–Kier alpha value is -1.88. The molecule has 2 atom stereocenters. The first-order valence-electron chi connectivity index (χ1n) is 11.5. The van der Waals surface area contributed by atoms with Crippen LogP contribution < -0.4 is 11.1 Å². The standard InChI is InChI=1S/C24H39N3O2/c1-3-19(2)23(26-22(28)12-8-5-9-15-25)24(29)27-16-13-21(14-17-27)18-20-10-6-4-7-11-20/h4,6-7,10-11,19,21,23H,3,5,8-9,12-18,25H2,1-2H3,(H,26,28)/p+1/t19-,23+/m1/s1. The summed E-state index contributed by atoms with van der Waals surface area (Å²) < 4.78 is 0. The molecule has 0 aliphatic carbocycles. The third-order valence-corrected chi connectivity index (χ3v) is 6.24. The molecule has 162 valence electrons. The number of carbonyl (C=O) groups is 2. The molecule has 29 heavy (non-hydrogen) atoms. The highest BCUT2D eigenvalue weighted by molar-refractivity contribution is 5.88. The van der Waals surface area contributed by atoms with E-state index in [2.05, 4.69) is 55.2 Å². The first-order valence-corrected chi connectivity index (χ1v) is 11.5. The van der Waals surface area contributed by atoms with Crippen LogP contribution in [0.5, 0.6) is 0 Å². The van der Waals surface area contributed by atoms with E-state index in [0.29, 0.717) is 12.3 Å². The minimum absolute atomic E-state index is 0.00618. The average molecular weight is 403 g/mol. The van der Waals surface area contributed by atoms with E-state index in [1.165, 1.54) is 5.56 Å². The molecule has 1 aromatic carbocycles. The minimum Gasteiger partial charge on any atom is -0.358 e. The third kappa shape index (κ3) is 7.81. The Kier molecular flexibility index (Phi) is 10.2. The lowest BCUT2D eigenvalue weighted by atomic mass is 9.89. The second-order valence-electron chi connectivity index (χ2n) is 8.55. The van der Waals surface area contributed by atoms with Crippen LogP contribution in [0.2, 0.25) is 0 Å². The Balaban J connectivity index is 1.85. The zero-order chi connectivity index (χ0) is 21.1. The molecule has 1 aromatic rings. The number of nitrogens with one attached hydrogen (secondary N) is 1. The van der Waals surface area contributed by atoms with Gasteiger partial charge in [-0.2, -0.15) is 0 Å². The van der Waals surface area contributed by atoms with Crippen LogP contribution in [0.4, 0.5) is 0 Å². The number of hydrogen-bond acceptors (Lipinski definition) is 2. The van der Waals surface area contributed by atoms with Gasteiger partial charge in [0.15, 0.2) is 0 Å². The summed E-state index contributed by atoms with van der Waals surface area (Å²) in [6.45, 7) is 6.65. The first-order chi connectivity index (χ1) is 14.0. The number of rotatable bonds is 11. The number of benzene rings is 1. The number of quaternary nitrogens is 1. The molecule has 2 amide bonds. The zero-order valence-corrected chi connectivity index (χ0v) is 18.4. The van der Waals surface area contributed by atoms with Gasteiger partial charge in [0.2, 0.25) is 11.8 Å². The van der Waals surface area contributed by atoms with Gasteiger partial charge in [-0.1, -0.05) is 50.6 Å². The maximum atomic E-state index is 13.2. The summed E-state index contributed by atoms with van der Waals surface area (Å²) in [5.41, 5.74) is 5.21. The number of hydrogen-bond donors (Lipinski definition) is 2. The van der Waals surface area contributed by atoms with Gasteiger partial charge in [-0.15, -0.1) is 0 Å². The lowest BCUT2D eigenvalue weighted by Crippen LogP contribution is -2.53. The van der Waals surface area contributed by atoms with Crippen molar-refractivity contribution in [3.63, 3.8) is 0 Å². The van der Waals surface area contributed by atoms with Gasteiger partial charge in [-0.3, -0.25) is 9.59 Å². The fourth-order valence-electron chi connectivity index (χ4n) is 4.07. The second kappa shape index (κ2) is 12.6. The second-order valence-corrected chi connectivity index (χ2v) is 8.55. The number of piperidine rings is 1. The Morgan fingerprint density at radius 1 is 1.14 bits per heavy atom. The Morgan fingerprint density at radius 3 is 2.45 bits per heavy atom. The lowest BCUT2D eigenvalue weighted by Gasteiger charge is -2.36. The fraction of sp³-hybridized carbons (Fsp3) is 0.667. The molecule has 2 rings (SSSR count). The van der Waals surface area contributed by atoms with Crippen molar-refractivity contribution in [2.75, 3.05) is 19.6 Å². The van der Waals surface area contributed by atoms with Crippen molar-refractivity contribution in [1.82, 2.24) is 10.2 Å². The van der Waals surface area contributed by atoms with Gasteiger partial charge in [0, 0.05) is 19.5 Å². The van der Waals surface area contributed by atoms with Crippen LogP contribution in [-0.4, -0.2) is 42.4 Å². The molecule has 1 aliphatic heterocycles. The van der Waals surface area contributed by atoms with Gasteiger partial charge in [-0.05, 0) is 55.9 Å². The van der Waals surface area contributed by atoms with E-state index in [-0.39, 0.29) is 17.7 Å². The quantitative estimate of drug-likeness (QED) is 0.558. The van der Waals surface area contributed by atoms with Crippen LogP contribution in [0.15, 0.2) is 30.3 Å². The molecular weight excluding hydrogens is 362 g/mol. The lowest BCUT2D eigenvalue weighted by molar-refractivity contribution is -0.368. The molecule has 0 spiro atoms. The van der Waals surface area contributed by atoms with Crippen molar-refractivity contribution in [2.24, 2.45) is 11.8 Å². The van der Waals surface area contributed by atoms with Crippen LogP contribution >= 0.6 is 0 Å². The molecule has 0 unspecified atom stereocenters. The van der Waals surface area contributed by atoms with Crippen molar-refractivity contribution in [3.8, 4) is 0 Å². The van der Waals surface area contributed by atoms with E-state index in [9.17, 15) is 9.59 Å². The molecule has 0 saturated carbocycles. The largest absolute Gasteiger partial charge is 0.358 e. The number of amides is 2. The maximum absolute atomic E-state index is 13.2. The summed E-state index contributed by atoms with van der Waals surface area (Å²) in [5, 5.41) is 3.05. The Morgan fingerprint density at radius 2 is 1.83 bits per heavy atom. The normalized spacial score (nSPS) is 17.0. The smallest absolute Gasteiger partial charge is 0.245 e. The van der Waals surface area contributed by atoms with E-state index in [4.69, 9.17) is 0 Å². The van der Waals surface area contributed by atoms with Crippen molar-refractivity contribution in [3.05, 3.63) is 35.9 Å². The fourth-order valence-corrected chi connectivity index (χ4v) is 4.07. The van der Waals surface area contributed by atoms with E-state index in [1.54, 1.807) is 0 Å². The average Bonchev–Trinajstić information content (AvgIpc) is 2.75. The topological polar surface area (TPSA) is 77.0 Å². The molecule has 1 saturated heterocycles. The van der Waals surface area contributed by atoms with Crippen molar-refractivity contribution < 1.29 is 15.3 Å². The summed E-state index contributed by atoms with van der Waals surface area (Å²) in [5.74, 6) is 0.884. The molecule has 1 fully saturated rings. The Labute approximate surface area is 176 Å². The van der Waals surface area contributed by atoms with E-state index >= 15 is 0 Å². The molecule has 5 nitrogen and oxygen atoms in total. The highest BCUT2D eigenvalue weighted by Crippen LogP contribution is 2.23. The summed E-state index contributed by atoms with van der Waals surface area (Å²) in [6.07, 6.45) is 7.48. The predicted octanol–water partition coefficient (Wildman–Crippen LogP) is 2.80. The number of likely N-dealkylation sites (tertiary alicyclic amines) is 1. The van der Waals surface area contributed by atoms with Crippen LogP contribution in [0.1, 0.15) is 64.4 Å². The summed E-state index contributed by atoms with van der Waals surface area (Å²) in [7, 11) is 0. The van der Waals surface area contributed by atoms with Crippen molar-refractivity contribution in [2.45, 2.75) is 71.3 Å². The van der Waals surface area contributed by atoms with E-state index in [0.717, 1.165) is 64.6 Å². The summed E-state index contributed by atoms with van der Waals surface area (Å²) in [4.78, 5) is 27.5. The van der Waals surface area contributed by atoms with Gasteiger partial charge in [0.25, 0.3) is 0 Å². The summed E-state index contributed by atoms with van der Waals surface area (Å²) >= 11 is 0. The van der Waals surface area contributed by atoms with E-state index in [1.807, 2.05) is 4.90 Å². The minimum atomic E-state index is -0.397. The van der Waals surface area contributed by atoms with Gasteiger partial charge < -0.3 is 16.0 Å². The van der Waals surface area contributed by atoms with Crippen LogP contribution in [0.25, 0.3) is 0 Å². The van der Waals surface area contributed by atoms with Crippen molar-refractivity contribution >= 4 is 11.8 Å². The highest BCUT2D eigenvalue weighted by Gasteiger charge is 2.32. The number of nitrogens with zero attached hydrogens (tertiary/aromatic N) is 1. The predicted molar refractivity (Wildman–Crippen MR) is 117 cm³/mol. The van der Waals surface area contributed by atoms with Gasteiger partial charge >= 0.3 is 0 Å². The van der Waals surface area contributed by atoms with E-state index < -0.39 is 6.04 Å². The highest BCUT2D eigenvalue weighted by atomic mass is 16.2. The molecular formula is C24H40N3O2+. The van der Waals surface area contributed by atoms with Crippen LogP contribution in [0, 0.1) is 11.8 Å². The first kappa shape index (κ1) is 23.4. The van der Waals surface area contributed by atoms with Crippen LogP contribution in [-0.2, 0) is 16.0 Å². The van der Waals surface area contributed by atoms with Crippen LogP contribution in [0.3, 0.4) is 0 Å². The number of carbonyl (C=O) groups excluding carboxylic acids is 2. The molecule has 5 heteroatoms. The third-order valence-electron chi connectivity index (χ3n) is 6.24. The van der Waals surface area contributed by atoms with Gasteiger partial charge in [0.05, 0.1) is 6.54 Å². The SMILES string of the molecule is CC[C@@H](C)[C@H](NC(=O)CCCCC[NH3+])C(=O)N1CCC(Cc2ccccc2)CC1. The Bertz CT molecular complexity index is 612. The molecule has 0 radical (unpaired) electrons. The molecule has 0 aromatic heterocycles. The molecule has 0 bridgehead atoms. The number of unbranched alkanes of at least 4 members (excludes halogenated alkanes) is 2. The maximum Gasteiger partial charge on any atom is 0.245 e. The molecule has 1 heterocycles. The van der Waals surface area contributed by atoms with Gasteiger partial charge in [-0.25, -0.2) is 0 Å². The molecule has 4 N–H and O–H groups in total. The van der Waals surface area contributed by atoms with Gasteiger partial charge in [0.1, 0.15) is 6.04 Å². The summed E-state index contributed by atoms with van der Waals surface area (Å²) in [6, 6.07) is 10.2. The monoisotopic (exact) mass is 402 g/mol. The zero-order valence-electron chi connectivity index (χ0n) is 18.4. The molecule has 1 aliphatic rings. The van der Waals surface area contributed by atoms with Crippen molar-refractivity contribution in [1.29, 1.82) is 0 Å².